The zero-order valence-corrected chi connectivity index (χ0v) is 14.0. The molecule has 2 rings (SSSR count). The fourth-order valence-corrected chi connectivity index (χ4v) is 2.72. The largest absolute Gasteiger partial charge is 0.457 e. The molecule has 126 valence electrons. The van der Waals surface area contributed by atoms with E-state index in [9.17, 15) is 23.3 Å². The molecule has 0 saturated heterocycles. The van der Waals surface area contributed by atoms with Gasteiger partial charge in [-0.05, 0) is 23.8 Å². The number of halogens is 1. The van der Waals surface area contributed by atoms with Gasteiger partial charge in [-0.2, -0.15) is 0 Å². The second-order valence-electron chi connectivity index (χ2n) is 4.92. The minimum atomic E-state index is -3.50. The third-order valence-corrected chi connectivity index (χ3v) is 4.52. The number of carbonyl (C=O) groups excluding carboxylic acids is 1. The molecule has 0 N–H and O–H groups in total. The number of ether oxygens (including phenoxy) is 1. The summed E-state index contributed by atoms with van der Waals surface area (Å²) >= 11 is 5.90. The first-order valence-corrected chi connectivity index (χ1v) is 8.85. The van der Waals surface area contributed by atoms with Gasteiger partial charge in [0.2, 0.25) is 0 Å². The van der Waals surface area contributed by atoms with Crippen molar-refractivity contribution in [3.05, 3.63) is 68.7 Å². The normalized spacial score (nSPS) is 11.1. The molecule has 0 radical (unpaired) electrons. The average Bonchev–Trinajstić information content (AvgIpc) is 2.52. The zero-order chi connectivity index (χ0) is 17.9. The number of rotatable bonds is 5. The van der Waals surface area contributed by atoms with Crippen molar-refractivity contribution in [2.45, 2.75) is 11.5 Å². The number of sulfone groups is 1. The SMILES string of the molecule is CS(=O)(=O)c1ccc(Cl)c(C(=O)OCc2cccc([N+](=O)[O-])c2)c1. The highest BCUT2D eigenvalue weighted by Gasteiger charge is 2.17. The summed E-state index contributed by atoms with van der Waals surface area (Å²) in [5, 5.41) is 10.8. The van der Waals surface area contributed by atoms with Crippen molar-refractivity contribution in [2.24, 2.45) is 0 Å². The Morgan fingerprint density at radius 3 is 2.58 bits per heavy atom. The van der Waals surface area contributed by atoms with Crippen molar-refractivity contribution in [3.8, 4) is 0 Å². The average molecular weight is 370 g/mol. The summed E-state index contributed by atoms with van der Waals surface area (Å²) in [6.07, 6.45) is 1.01. The molecule has 0 heterocycles. The first-order chi connectivity index (χ1) is 11.2. The minimum Gasteiger partial charge on any atom is -0.457 e. The van der Waals surface area contributed by atoms with E-state index in [2.05, 4.69) is 0 Å². The molecule has 24 heavy (non-hydrogen) atoms. The Balaban J connectivity index is 2.19. The van der Waals surface area contributed by atoms with Crippen molar-refractivity contribution < 1.29 is 22.9 Å². The summed E-state index contributed by atoms with van der Waals surface area (Å²) < 4.78 is 28.1. The van der Waals surface area contributed by atoms with Crippen LogP contribution in [-0.2, 0) is 21.2 Å². The van der Waals surface area contributed by atoms with Crippen LogP contribution in [0.3, 0.4) is 0 Å². The molecule has 2 aromatic carbocycles. The van der Waals surface area contributed by atoms with Gasteiger partial charge >= 0.3 is 5.97 Å². The monoisotopic (exact) mass is 369 g/mol. The topological polar surface area (TPSA) is 104 Å². The molecular weight excluding hydrogens is 358 g/mol. The number of non-ortho nitro benzene ring substituents is 1. The summed E-state index contributed by atoms with van der Waals surface area (Å²) in [5.41, 5.74) is 0.207. The van der Waals surface area contributed by atoms with Gasteiger partial charge in [0, 0.05) is 18.4 Å². The number of nitrogens with zero attached hydrogens (tertiary/aromatic N) is 1. The van der Waals surface area contributed by atoms with E-state index in [1.807, 2.05) is 0 Å². The Labute approximate surface area is 142 Å². The molecule has 0 aliphatic rings. The van der Waals surface area contributed by atoms with E-state index < -0.39 is 20.7 Å². The van der Waals surface area contributed by atoms with Crippen molar-refractivity contribution >= 4 is 33.1 Å². The van der Waals surface area contributed by atoms with Crippen LogP contribution in [0, 0.1) is 10.1 Å². The van der Waals surface area contributed by atoms with E-state index in [1.54, 1.807) is 6.07 Å². The van der Waals surface area contributed by atoms with Crippen LogP contribution in [0.2, 0.25) is 5.02 Å². The molecule has 0 bridgehead atoms. The molecule has 0 saturated carbocycles. The zero-order valence-electron chi connectivity index (χ0n) is 12.4. The molecule has 7 nitrogen and oxygen atoms in total. The molecule has 0 atom stereocenters. The first kappa shape index (κ1) is 17.9. The third-order valence-electron chi connectivity index (χ3n) is 3.08. The maximum atomic E-state index is 12.1. The highest BCUT2D eigenvalue weighted by molar-refractivity contribution is 7.90. The Morgan fingerprint density at radius 1 is 1.25 bits per heavy atom. The lowest BCUT2D eigenvalue weighted by Crippen LogP contribution is -2.08. The number of hydrogen-bond donors (Lipinski definition) is 0. The van der Waals surface area contributed by atoms with Crippen LogP contribution in [0.5, 0.6) is 0 Å². The van der Waals surface area contributed by atoms with E-state index in [4.69, 9.17) is 16.3 Å². The Morgan fingerprint density at radius 2 is 1.96 bits per heavy atom. The van der Waals surface area contributed by atoms with Gasteiger partial charge in [0.25, 0.3) is 5.69 Å². The molecule has 0 fully saturated rings. The van der Waals surface area contributed by atoms with Gasteiger partial charge in [0.1, 0.15) is 6.61 Å². The Hall–Kier alpha value is -2.45. The number of benzene rings is 2. The molecule has 0 aromatic heterocycles. The van der Waals surface area contributed by atoms with Crippen LogP contribution in [0.15, 0.2) is 47.4 Å². The number of nitro benzene ring substituents is 1. The summed E-state index contributed by atoms with van der Waals surface area (Å²) in [6, 6.07) is 9.34. The van der Waals surface area contributed by atoms with Crippen molar-refractivity contribution in [1.29, 1.82) is 0 Å². The van der Waals surface area contributed by atoms with Gasteiger partial charge in [-0.3, -0.25) is 10.1 Å². The van der Waals surface area contributed by atoms with Crippen molar-refractivity contribution in [1.82, 2.24) is 0 Å². The van der Waals surface area contributed by atoms with Crippen LogP contribution in [0.25, 0.3) is 0 Å². The van der Waals surface area contributed by atoms with Crippen LogP contribution >= 0.6 is 11.6 Å². The minimum absolute atomic E-state index is 0.0476. The molecule has 0 spiro atoms. The van der Waals surface area contributed by atoms with Gasteiger partial charge in [-0.25, -0.2) is 13.2 Å². The molecule has 0 aliphatic heterocycles. The van der Waals surface area contributed by atoms with Gasteiger partial charge in [0.05, 0.1) is 20.4 Å². The van der Waals surface area contributed by atoms with Crippen LogP contribution in [0.4, 0.5) is 5.69 Å². The summed E-state index contributed by atoms with van der Waals surface area (Å²) in [6.45, 7) is -0.208. The molecule has 0 unspecified atom stereocenters. The Kier molecular flexibility index (Phi) is 5.20. The van der Waals surface area contributed by atoms with E-state index in [0.29, 0.717) is 5.56 Å². The van der Waals surface area contributed by atoms with E-state index in [-0.39, 0.29) is 27.8 Å². The van der Waals surface area contributed by atoms with Crippen LogP contribution < -0.4 is 0 Å². The van der Waals surface area contributed by atoms with Crippen LogP contribution in [-0.4, -0.2) is 25.6 Å². The lowest BCUT2D eigenvalue weighted by molar-refractivity contribution is -0.384. The third kappa shape index (κ3) is 4.30. The predicted octanol–water partition coefficient (Wildman–Crippen LogP) is 3.01. The number of esters is 1. The van der Waals surface area contributed by atoms with Gasteiger partial charge in [-0.1, -0.05) is 23.7 Å². The molecule has 9 heteroatoms. The summed E-state index contributed by atoms with van der Waals surface area (Å²) in [7, 11) is -3.50. The lowest BCUT2D eigenvalue weighted by Gasteiger charge is -2.08. The standard InChI is InChI=1S/C15H12ClNO6S/c1-24(21,22)12-5-6-14(16)13(8-12)15(18)23-9-10-3-2-4-11(7-10)17(19)20/h2-8H,9H2,1H3. The molecule has 0 aliphatic carbocycles. The second-order valence-corrected chi connectivity index (χ2v) is 7.34. The van der Waals surface area contributed by atoms with Crippen molar-refractivity contribution in [2.75, 3.05) is 6.26 Å². The quantitative estimate of drug-likeness (QED) is 0.456. The highest BCUT2D eigenvalue weighted by Crippen LogP contribution is 2.22. The van der Waals surface area contributed by atoms with Gasteiger partial charge in [0.15, 0.2) is 9.84 Å². The number of carbonyl (C=O) groups is 1. The second kappa shape index (κ2) is 6.98. The summed E-state index contributed by atoms with van der Waals surface area (Å²) in [4.78, 5) is 22.2. The predicted molar refractivity (Wildman–Crippen MR) is 86.8 cm³/mol. The first-order valence-electron chi connectivity index (χ1n) is 6.58. The fraction of sp³-hybridized carbons (Fsp3) is 0.133. The van der Waals surface area contributed by atoms with E-state index in [1.165, 1.54) is 30.3 Å². The smallest absolute Gasteiger partial charge is 0.340 e. The van der Waals surface area contributed by atoms with Gasteiger partial charge < -0.3 is 4.74 Å². The molecular formula is C15H12ClNO6S. The summed E-state index contributed by atoms with van der Waals surface area (Å²) in [5.74, 6) is -0.822. The van der Waals surface area contributed by atoms with Crippen molar-refractivity contribution in [3.63, 3.8) is 0 Å². The Bertz CT molecular complexity index is 910. The number of hydrogen-bond acceptors (Lipinski definition) is 6. The highest BCUT2D eigenvalue weighted by atomic mass is 35.5. The van der Waals surface area contributed by atoms with E-state index >= 15 is 0 Å². The van der Waals surface area contributed by atoms with E-state index in [0.717, 1.165) is 12.3 Å². The number of nitro groups is 1. The molecule has 2 aromatic rings. The fourth-order valence-electron chi connectivity index (χ4n) is 1.88. The maximum Gasteiger partial charge on any atom is 0.340 e. The molecule has 0 amide bonds. The van der Waals surface area contributed by atoms with Gasteiger partial charge in [-0.15, -0.1) is 0 Å². The van der Waals surface area contributed by atoms with Crippen LogP contribution in [0.1, 0.15) is 15.9 Å². The maximum absolute atomic E-state index is 12.1. The lowest BCUT2D eigenvalue weighted by atomic mass is 10.2.